The highest BCUT2D eigenvalue weighted by molar-refractivity contribution is 5.93. The van der Waals surface area contributed by atoms with Crippen molar-refractivity contribution in [3.63, 3.8) is 0 Å². The molecule has 94 valence electrons. The fourth-order valence-corrected chi connectivity index (χ4v) is 2.01. The number of amides is 2. The molecular formula is C13H14N2O3. The Labute approximate surface area is 105 Å². The van der Waals surface area contributed by atoms with Crippen LogP contribution in [0.2, 0.25) is 0 Å². The summed E-state index contributed by atoms with van der Waals surface area (Å²) in [7, 11) is 1.55. The summed E-state index contributed by atoms with van der Waals surface area (Å²) in [6.45, 7) is 1.64. The quantitative estimate of drug-likeness (QED) is 0.835. The van der Waals surface area contributed by atoms with E-state index in [1.165, 1.54) is 4.90 Å². The maximum absolute atomic E-state index is 11.7. The smallest absolute Gasteiger partial charge is 0.335 e. The van der Waals surface area contributed by atoms with Gasteiger partial charge in [0, 0.05) is 12.7 Å². The molecule has 18 heavy (non-hydrogen) atoms. The van der Waals surface area contributed by atoms with Gasteiger partial charge >= 0.3 is 12.0 Å². The topological polar surface area (TPSA) is 69.6 Å². The summed E-state index contributed by atoms with van der Waals surface area (Å²) in [5.41, 5.74) is 1.42. The SMILES string of the molecule is CC1=C(C(=O)O)[C@@H](c2ccccc2)NC(=O)N1C. The van der Waals surface area contributed by atoms with Crippen molar-refractivity contribution in [1.82, 2.24) is 10.2 Å². The Kier molecular flexibility index (Phi) is 3.06. The Morgan fingerprint density at radius 3 is 2.50 bits per heavy atom. The van der Waals surface area contributed by atoms with E-state index in [4.69, 9.17) is 0 Å². The highest BCUT2D eigenvalue weighted by Gasteiger charge is 2.33. The largest absolute Gasteiger partial charge is 0.478 e. The fraction of sp³-hybridized carbons (Fsp3) is 0.231. The van der Waals surface area contributed by atoms with Crippen molar-refractivity contribution in [2.45, 2.75) is 13.0 Å². The average Bonchev–Trinajstić information content (AvgIpc) is 2.36. The van der Waals surface area contributed by atoms with Gasteiger partial charge in [-0.05, 0) is 12.5 Å². The average molecular weight is 246 g/mol. The first-order valence-corrected chi connectivity index (χ1v) is 5.55. The van der Waals surface area contributed by atoms with Crippen LogP contribution in [-0.2, 0) is 4.79 Å². The number of aliphatic carboxylic acids is 1. The van der Waals surface area contributed by atoms with Crippen LogP contribution in [-0.4, -0.2) is 29.1 Å². The number of hydrogen-bond acceptors (Lipinski definition) is 2. The molecule has 2 N–H and O–H groups in total. The first kappa shape index (κ1) is 12.2. The van der Waals surface area contributed by atoms with E-state index in [2.05, 4.69) is 5.32 Å². The van der Waals surface area contributed by atoms with E-state index in [-0.39, 0.29) is 11.6 Å². The maximum Gasteiger partial charge on any atom is 0.335 e. The predicted octanol–water partition coefficient (Wildman–Crippen LogP) is 1.74. The van der Waals surface area contributed by atoms with Crippen molar-refractivity contribution in [2.24, 2.45) is 0 Å². The standard InChI is InChI=1S/C13H14N2O3/c1-8-10(12(16)17)11(14-13(18)15(8)2)9-6-4-3-5-7-9/h3-7,11H,1-2H3,(H,14,18)(H,16,17)/t11-/m1/s1. The third-order valence-electron chi connectivity index (χ3n) is 3.12. The number of carbonyl (C=O) groups excluding carboxylic acids is 1. The number of carboxylic acid groups (broad SMARTS) is 1. The van der Waals surface area contributed by atoms with E-state index in [0.717, 1.165) is 5.56 Å². The molecule has 1 aromatic rings. The lowest BCUT2D eigenvalue weighted by Crippen LogP contribution is -2.45. The number of carbonyl (C=O) groups is 2. The van der Waals surface area contributed by atoms with E-state index >= 15 is 0 Å². The molecule has 0 aliphatic carbocycles. The van der Waals surface area contributed by atoms with E-state index in [1.54, 1.807) is 26.1 Å². The summed E-state index contributed by atoms with van der Waals surface area (Å²) in [6, 6.07) is 8.17. The Balaban J connectivity index is 2.53. The fourth-order valence-electron chi connectivity index (χ4n) is 2.01. The second-order valence-electron chi connectivity index (χ2n) is 4.16. The monoisotopic (exact) mass is 246 g/mol. The van der Waals surface area contributed by atoms with Crippen LogP contribution in [0.5, 0.6) is 0 Å². The van der Waals surface area contributed by atoms with Gasteiger partial charge < -0.3 is 15.3 Å². The number of benzene rings is 1. The van der Waals surface area contributed by atoms with Gasteiger partial charge in [0.05, 0.1) is 11.6 Å². The molecule has 0 bridgehead atoms. The van der Waals surface area contributed by atoms with Crippen LogP contribution in [0, 0.1) is 0 Å². The molecule has 0 spiro atoms. The van der Waals surface area contributed by atoms with Crippen molar-refractivity contribution in [3.05, 3.63) is 47.2 Å². The van der Waals surface area contributed by atoms with E-state index in [0.29, 0.717) is 5.70 Å². The Hall–Kier alpha value is -2.30. The molecular weight excluding hydrogens is 232 g/mol. The van der Waals surface area contributed by atoms with Gasteiger partial charge in [0.25, 0.3) is 0 Å². The molecule has 2 amide bonds. The molecule has 0 fully saturated rings. The van der Waals surface area contributed by atoms with Crippen molar-refractivity contribution in [2.75, 3.05) is 7.05 Å². The number of allylic oxidation sites excluding steroid dienone is 1. The number of hydrogen-bond donors (Lipinski definition) is 2. The van der Waals surface area contributed by atoms with Gasteiger partial charge in [-0.2, -0.15) is 0 Å². The van der Waals surface area contributed by atoms with Gasteiger partial charge in [-0.1, -0.05) is 30.3 Å². The first-order valence-electron chi connectivity index (χ1n) is 5.55. The van der Waals surface area contributed by atoms with Gasteiger partial charge in [0.2, 0.25) is 0 Å². The lowest BCUT2D eigenvalue weighted by molar-refractivity contribution is -0.133. The van der Waals surface area contributed by atoms with Crippen LogP contribution < -0.4 is 5.32 Å². The highest BCUT2D eigenvalue weighted by atomic mass is 16.4. The van der Waals surface area contributed by atoms with Crippen molar-refractivity contribution >= 4 is 12.0 Å². The number of nitrogens with zero attached hydrogens (tertiary/aromatic N) is 1. The van der Waals surface area contributed by atoms with Gasteiger partial charge in [0.15, 0.2) is 0 Å². The lowest BCUT2D eigenvalue weighted by Gasteiger charge is -2.32. The molecule has 1 aliphatic heterocycles. The molecule has 0 saturated heterocycles. The molecule has 1 aromatic carbocycles. The second kappa shape index (κ2) is 4.52. The van der Waals surface area contributed by atoms with Gasteiger partial charge in [-0.25, -0.2) is 9.59 Å². The minimum atomic E-state index is -1.02. The van der Waals surface area contributed by atoms with Gasteiger partial charge in [-0.15, -0.1) is 0 Å². The highest BCUT2D eigenvalue weighted by Crippen LogP contribution is 2.29. The number of rotatable bonds is 2. The molecule has 0 unspecified atom stereocenters. The van der Waals surface area contributed by atoms with Crippen LogP contribution in [0.3, 0.4) is 0 Å². The summed E-state index contributed by atoms with van der Waals surface area (Å²) in [5.74, 6) is -1.02. The summed E-state index contributed by atoms with van der Waals surface area (Å²) in [4.78, 5) is 24.4. The molecule has 0 aromatic heterocycles. The molecule has 5 nitrogen and oxygen atoms in total. The summed E-state index contributed by atoms with van der Waals surface area (Å²) in [6.07, 6.45) is 0. The second-order valence-corrected chi connectivity index (χ2v) is 4.16. The van der Waals surface area contributed by atoms with Crippen molar-refractivity contribution in [3.8, 4) is 0 Å². The van der Waals surface area contributed by atoms with Crippen LogP contribution in [0.4, 0.5) is 4.79 Å². The molecule has 2 rings (SSSR count). The third-order valence-corrected chi connectivity index (χ3v) is 3.12. The van der Waals surface area contributed by atoms with Crippen molar-refractivity contribution < 1.29 is 14.7 Å². The van der Waals surface area contributed by atoms with Crippen LogP contribution in [0.1, 0.15) is 18.5 Å². The van der Waals surface area contributed by atoms with Crippen molar-refractivity contribution in [1.29, 1.82) is 0 Å². The number of nitrogens with one attached hydrogen (secondary N) is 1. The Morgan fingerprint density at radius 2 is 1.94 bits per heavy atom. The van der Waals surface area contributed by atoms with Gasteiger partial charge in [-0.3, -0.25) is 0 Å². The molecule has 0 saturated carbocycles. The molecule has 0 radical (unpaired) electrons. The van der Waals surface area contributed by atoms with E-state index in [1.807, 2.05) is 18.2 Å². The molecule has 1 atom stereocenters. The summed E-state index contributed by atoms with van der Waals surface area (Å²) < 4.78 is 0. The zero-order valence-corrected chi connectivity index (χ0v) is 10.2. The number of carboxylic acids is 1. The maximum atomic E-state index is 11.7. The Bertz CT molecular complexity index is 522. The van der Waals surface area contributed by atoms with E-state index in [9.17, 15) is 14.7 Å². The lowest BCUT2D eigenvalue weighted by atomic mass is 9.95. The molecule has 1 heterocycles. The third kappa shape index (κ3) is 1.95. The van der Waals surface area contributed by atoms with Crippen LogP contribution in [0.15, 0.2) is 41.6 Å². The normalized spacial score (nSPS) is 19.8. The zero-order chi connectivity index (χ0) is 13.3. The number of urea groups is 1. The predicted molar refractivity (Wildman–Crippen MR) is 65.8 cm³/mol. The van der Waals surface area contributed by atoms with Gasteiger partial charge in [0.1, 0.15) is 0 Å². The minimum Gasteiger partial charge on any atom is -0.478 e. The zero-order valence-electron chi connectivity index (χ0n) is 10.2. The summed E-state index contributed by atoms with van der Waals surface area (Å²) >= 11 is 0. The molecule has 1 aliphatic rings. The summed E-state index contributed by atoms with van der Waals surface area (Å²) in [5, 5.41) is 12.0. The molecule has 5 heteroatoms. The minimum absolute atomic E-state index is 0.198. The Morgan fingerprint density at radius 1 is 1.33 bits per heavy atom. The van der Waals surface area contributed by atoms with Crippen LogP contribution >= 0.6 is 0 Å². The first-order chi connectivity index (χ1) is 8.52. The van der Waals surface area contributed by atoms with Crippen LogP contribution in [0.25, 0.3) is 0 Å². The van der Waals surface area contributed by atoms with E-state index < -0.39 is 12.0 Å².